The van der Waals surface area contributed by atoms with Crippen LogP contribution < -0.4 is 11.3 Å². The summed E-state index contributed by atoms with van der Waals surface area (Å²) in [5.41, 5.74) is 3.27. The first kappa shape index (κ1) is 15.6. The average Bonchev–Trinajstić information content (AvgIpc) is 2.40. The van der Waals surface area contributed by atoms with Crippen LogP contribution in [0.3, 0.4) is 0 Å². The zero-order valence-electron chi connectivity index (χ0n) is 12.5. The molecule has 19 heavy (non-hydrogen) atoms. The van der Waals surface area contributed by atoms with Gasteiger partial charge in [0.15, 0.2) is 0 Å². The van der Waals surface area contributed by atoms with Gasteiger partial charge in [0.05, 0.1) is 5.60 Å². The van der Waals surface area contributed by atoms with Gasteiger partial charge in [-0.15, -0.1) is 0 Å². The van der Waals surface area contributed by atoms with Crippen LogP contribution in [0, 0.1) is 11.8 Å². The van der Waals surface area contributed by atoms with Crippen molar-refractivity contribution in [2.24, 2.45) is 17.7 Å². The Balaban J connectivity index is 1.90. The third kappa shape index (κ3) is 4.35. The van der Waals surface area contributed by atoms with Gasteiger partial charge in [0, 0.05) is 12.6 Å². The summed E-state index contributed by atoms with van der Waals surface area (Å²) in [6.45, 7) is 5.50. The van der Waals surface area contributed by atoms with Gasteiger partial charge >= 0.3 is 0 Å². The average molecular weight is 286 g/mol. The van der Waals surface area contributed by atoms with Gasteiger partial charge in [0.2, 0.25) is 0 Å². The molecule has 3 nitrogen and oxygen atoms in total. The van der Waals surface area contributed by atoms with Crippen molar-refractivity contribution < 1.29 is 4.74 Å². The SMILES string of the molecule is CC(C)CCC(NN)C1CCOC2(CCSCC2)C1. The Morgan fingerprint density at radius 2 is 2.05 bits per heavy atom. The van der Waals surface area contributed by atoms with E-state index >= 15 is 0 Å². The van der Waals surface area contributed by atoms with Crippen molar-refractivity contribution >= 4 is 11.8 Å². The second-order valence-corrected chi connectivity index (χ2v) is 7.87. The summed E-state index contributed by atoms with van der Waals surface area (Å²) in [6.07, 6.45) is 7.30. The lowest BCUT2D eigenvalue weighted by atomic mass is 9.77. The van der Waals surface area contributed by atoms with E-state index in [1.165, 1.54) is 50.0 Å². The predicted molar refractivity (Wildman–Crippen MR) is 83.1 cm³/mol. The molecule has 1 spiro atoms. The van der Waals surface area contributed by atoms with E-state index in [1.807, 2.05) is 0 Å². The number of hydrogen-bond donors (Lipinski definition) is 2. The molecule has 0 saturated carbocycles. The lowest BCUT2D eigenvalue weighted by Gasteiger charge is -2.45. The molecule has 0 bridgehead atoms. The van der Waals surface area contributed by atoms with Crippen LogP contribution in [0.5, 0.6) is 0 Å². The fourth-order valence-corrected chi connectivity index (χ4v) is 4.71. The molecule has 2 aliphatic rings. The highest BCUT2D eigenvalue weighted by atomic mass is 32.2. The van der Waals surface area contributed by atoms with Crippen molar-refractivity contribution in [1.29, 1.82) is 0 Å². The molecule has 112 valence electrons. The van der Waals surface area contributed by atoms with Crippen molar-refractivity contribution in [2.45, 2.75) is 64.0 Å². The lowest BCUT2D eigenvalue weighted by Crippen LogP contribution is -2.50. The number of nitrogens with two attached hydrogens (primary N) is 1. The first-order valence-corrected chi connectivity index (χ1v) is 8.98. The van der Waals surface area contributed by atoms with Crippen molar-refractivity contribution in [3.8, 4) is 0 Å². The smallest absolute Gasteiger partial charge is 0.0701 e. The van der Waals surface area contributed by atoms with Crippen LogP contribution in [0.4, 0.5) is 0 Å². The Morgan fingerprint density at radius 1 is 1.32 bits per heavy atom. The minimum absolute atomic E-state index is 0.182. The quantitative estimate of drug-likeness (QED) is 0.602. The van der Waals surface area contributed by atoms with E-state index in [2.05, 4.69) is 31.0 Å². The minimum atomic E-state index is 0.182. The molecule has 0 aromatic carbocycles. The molecule has 4 heteroatoms. The third-order valence-electron chi connectivity index (χ3n) is 4.77. The molecule has 2 heterocycles. The maximum absolute atomic E-state index is 6.17. The molecular weight excluding hydrogens is 256 g/mol. The van der Waals surface area contributed by atoms with Crippen LogP contribution in [0.1, 0.15) is 52.4 Å². The molecule has 2 fully saturated rings. The molecule has 3 N–H and O–H groups in total. The second kappa shape index (κ2) is 7.30. The molecule has 2 atom stereocenters. The number of thioether (sulfide) groups is 1. The molecular formula is C15H30N2OS. The zero-order chi connectivity index (χ0) is 13.7. The number of hydrazine groups is 1. The van der Waals surface area contributed by atoms with Crippen LogP contribution in [0.2, 0.25) is 0 Å². The van der Waals surface area contributed by atoms with E-state index in [-0.39, 0.29) is 5.60 Å². The van der Waals surface area contributed by atoms with Gasteiger partial charge in [-0.25, -0.2) is 0 Å². The summed E-state index contributed by atoms with van der Waals surface area (Å²) < 4.78 is 6.17. The largest absolute Gasteiger partial charge is 0.375 e. The molecule has 0 aromatic heterocycles. The highest BCUT2D eigenvalue weighted by Crippen LogP contribution is 2.41. The maximum Gasteiger partial charge on any atom is 0.0701 e. The highest BCUT2D eigenvalue weighted by Gasteiger charge is 2.40. The van der Waals surface area contributed by atoms with Gasteiger partial charge in [0.25, 0.3) is 0 Å². The fourth-order valence-electron chi connectivity index (χ4n) is 3.47. The van der Waals surface area contributed by atoms with Crippen LogP contribution in [0.25, 0.3) is 0 Å². The third-order valence-corrected chi connectivity index (χ3v) is 5.76. The van der Waals surface area contributed by atoms with Gasteiger partial charge in [0.1, 0.15) is 0 Å². The van der Waals surface area contributed by atoms with E-state index in [9.17, 15) is 0 Å². The maximum atomic E-state index is 6.17. The number of hydrogen-bond acceptors (Lipinski definition) is 4. The molecule has 2 unspecified atom stereocenters. The molecule has 2 aliphatic heterocycles. The Morgan fingerprint density at radius 3 is 2.68 bits per heavy atom. The van der Waals surface area contributed by atoms with E-state index in [0.717, 1.165) is 12.5 Å². The summed E-state index contributed by atoms with van der Waals surface area (Å²) in [4.78, 5) is 0. The van der Waals surface area contributed by atoms with Crippen molar-refractivity contribution in [3.05, 3.63) is 0 Å². The summed E-state index contributed by atoms with van der Waals surface area (Å²) >= 11 is 2.07. The molecule has 0 aromatic rings. The monoisotopic (exact) mass is 286 g/mol. The molecule has 0 radical (unpaired) electrons. The molecule has 2 saturated heterocycles. The molecule has 2 rings (SSSR count). The van der Waals surface area contributed by atoms with Gasteiger partial charge in [-0.2, -0.15) is 11.8 Å². The van der Waals surface area contributed by atoms with Crippen LogP contribution in [0.15, 0.2) is 0 Å². The normalized spacial score (nSPS) is 28.7. The van der Waals surface area contributed by atoms with E-state index < -0.39 is 0 Å². The minimum Gasteiger partial charge on any atom is -0.375 e. The predicted octanol–water partition coefficient (Wildman–Crippen LogP) is 2.95. The summed E-state index contributed by atoms with van der Waals surface area (Å²) in [6, 6.07) is 0.470. The van der Waals surface area contributed by atoms with Gasteiger partial charge in [-0.3, -0.25) is 11.3 Å². The van der Waals surface area contributed by atoms with Crippen LogP contribution in [-0.4, -0.2) is 29.8 Å². The topological polar surface area (TPSA) is 47.3 Å². The zero-order valence-corrected chi connectivity index (χ0v) is 13.3. The van der Waals surface area contributed by atoms with Crippen molar-refractivity contribution in [3.63, 3.8) is 0 Å². The molecule has 0 aliphatic carbocycles. The first-order chi connectivity index (χ1) is 9.15. The summed E-state index contributed by atoms with van der Waals surface area (Å²) in [5.74, 6) is 9.79. The first-order valence-electron chi connectivity index (χ1n) is 7.83. The standard InChI is InChI=1S/C15H30N2OS/c1-12(2)3-4-14(17-16)13-5-8-18-15(11-13)6-9-19-10-7-15/h12-14,17H,3-11,16H2,1-2H3. The van der Waals surface area contributed by atoms with Crippen molar-refractivity contribution in [1.82, 2.24) is 5.43 Å². The van der Waals surface area contributed by atoms with Gasteiger partial charge < -0.3 is 4.74 Å². The van der Waals surface area contributed by atoms with E-state index in [1.54, 1.807) is 0 Å². The van der Waals surface area contributed by atoms with Crippen molar-refractivity contribution in [2.75, 3.05) is 18.1 Å². The Labute approximate surface area is 122 Å². The highest BCUT2D eigenvalue weighted by molar-refractivity contribution is 7.99. The van der Waals surface area contributed by atoms with Crippen LogP contribution in [-0.2, 0) is 4.74 Å². The van der Waals surface area contributed by atoms with E-state index in [0.29, 0.717) is 12.0 Å². The fraction of sp³-hybridized carbons (Fsp3) is 1.00. The Hall–Kier alpha value is 0.230. The van der Waals surface area contributed by atoms with Gasteiger partial charge in [-0.05, 0) is 61.9 Å². The number of ether oxygens (including phenoxy) is 1. The molecule has 0 amide bonds. The van der Waals surface area contributed by atoms with Crippen LogP contribution >= 0.6 is 11.8 Å². The number of nitrogens with one attached hydrogen (secondary N) is 1. The summed E-state index contributed by atoms with van der Waals surface area (Å²) in [7, 11) is 0. The Kier molecular flexibility index (Phi) is 6.00. The summed E-state index contributed by atoms with van der Waals surface area (Å²) in [5, 5.41) is 0. The second-order valence-electron chi connectivity index (χ2n) is 6.64. The lowest BCUT2D eigenvalue weighted by molar-refractivity contribution is -0.107. The van der Waals surface area contributed by atoms with E-state index in [4.69, 9.17) is 10.6 Å². The Bertz CT molecular complexity index is 261. The number of rotatable bonds is 5. The van der Waals surface area contributed by atoms with Gasteiger partial charge in [-0.1, -0.05) is 13.8 Å².